The minimum absolute atomic E-state index is 0.0897. The van der Waals surface area contributed by atoms with Gasteiger partial charge in [-0.3, -0.25) is 4.79 Å². The number of carbonyl (C=O) groups is 1. The fraction of sp³-hybridized carbons (Fsp3) is 0.211. The van der Waals surface area contributed by atoms with Gasteiger partial charge in [-0.15, -0.1) is 0 Å². The standard InChI is InChI=1S/C19H18Cl2N2O/c1-2-15-16-11-14(21)7-8-17(16)23-18(15)19(24)22-10-9-12-3-5-13(20)6-4-12/h3-8,11,23H,2,9-10H2,1H3,(H,22,24). The summed E-state index contributed by atoms with van der Waals surface area (Å²) in [5, 5.41) is 5.37. The molecule has 2 N–H and O–H groups in total. The monoisotopic (exact) mass is 360 g/mol. The number of halogens is 2. The lowest BCUT2D eigenvalue weighted by Gasteiger charge is -2.06. The minimum atomic E-state index is -0.0897. The Labute approximate surface area is 151 Å². The number of benzene rings is 2. The molecule has 2 aromatic carbocycles. The first-order valence-corrected chi connectivity index (χ1v) is 8.67. The molecule has 124 valence electrons. The molecule has 0 fully saturated rings. The highest BCUT2D eigenvalue weighted by molar-refractivity contribution is 6.31. The Morgan fingerprint density at radius 1 is 1.08 bits per heavy atom. The van der Waals surface area contributed by atoms with Crippen molar-refractivity contribution >= 4 is 40.0 Å². The molecular weight excluding hydrogens is 343 g/mol. The van der Waals surface area contributed by atoms with Gasteiger partial charge in [-0.1, -0.05) is 42.3 Å². The Kier molecular flexibility index (Phi) is 5.12. The number of H-pyrrole nitrogens is 1. The average molecular weight is 361 g/mol. The van der Waals surface area contributed by atoms with Crippen LogP contribution in [0.1, 0.15) is 28.5 Å². The van der Waals surface area contributed by atoms with E-state index < -0.39 is 0 Å². The molecule has 0 spiro atoms. The lowest BCUT2D eigenvalue weighted by molar-refractivity contribution is 0.0949. The van der Waals surface area contributed by atoms with Crippen molar-refractivity contribution in [1.82, 2.24) is 10.3 Å². The number of aromatic amines is 1. The number of hydrogen-bond acceptors (Lipinski definition) is 1. The van der Waals surface area contributed by atoms with Crippen molar-refractivity contribution in [3.63, 3.8) is 0 Å². The maximum atomic E-state index is 12.5. The predicted octanol–water partition coefficient (Wildman–Crippen LogP) is 5.01. The number of carbonyl (C=O) groups excluding carboxylic acids is 1. The largest absolute Gasteiger partial charge is 0.350 e. The molecule has 1 amide bonds. The lowest BCUT2D eigenvalue weighted by atomic mass is 10.1. The van der Waals surface area contributed by atoms with E-state index >= 15 is 0 Å². The first kappa shape index (κ1) is 16.9. The molecule has 1 aromatic heterocycles. The number of rotatable bonds is 5. The van der Waals surface area contributed by atoms with Crippen molar-refractivity contribution in [3.05, 3.63) is 69.3 Å². The molecule has 0 bridgehead atoms. The zero-order chi connectivity index (χ0) is 17.1. The van der Waals surface area contributed by atoms with E-state index in [1.54, 1.807) is 0 Å². The van der Waals surface area contributed by atoms with Crippen LogP contribution in [-0.2, 0) is 12.8 Å². The predicted molar refractivity (Wildman–Crippen MR) is 100 cm³/mol. The Morgan fingerprint density at radius 2 is 1.79 bits per heavy atom. The Balaban J connectivity index is 1.72. The summed E-state index contributed by atoms with van der Waals surface area (Å²) in [5.41, 5.74) is 3.68. The molecule has 0 saturated carbocycles. The molecule has 0 saturated heterocycles. The van der Waals surface area contributed by atoms with E-state index in [1.807, 2.05) is 49.4 Å². The van der Waals surface area contributed by atoms with Gasteiger partial charge in [0.05, 0.1) is 0 Å². The first-order chi connectivity index (χ1) is 11.6. The van der Waals surface area contributed by atoms with E-state index in [1.165, 1.54) is 0 Å². The van der Waals surface area contributed by atoms with Crippen molar-refractivity contribution in [2.45, 2.75) is 19.8 Å². The summed E-state index contributed by atoms with van der Waals surface area (Å²) in [7, 11) is 0. The average Bonchev–Trinajstić information content (AvgIpc) is 2.94. The SMILES string of the molecule is CCc1c(C(=O)NCCc2ccc(Cl)cc2)[nH]c2ccc(Cl)cc12. The number of amides is 1. The van der Waals surface area contributed by atoms with Crippen LogP contribution in [0.4, 0.5) is 0 Å². The van der Waals surface area contributed by atoms with Gasteiger partial charge < -0.3 is 10.3 Å². The molecule has 0 unspecified atom stereocenters. The van der Waals surface area contributed by atoms with Crippen LogP contribution < -0.4 is 5.32 Å². The Bertz CT molecular complexity index is 869. The van der Waals surface area contributed by atoms with Crippen LogP contribution in [0.15, 0.2) is 42.5 Å². The van der Waals surface area contributed by atoms with Crippen LogP contribution >= 0.6 is 23.2 Å². The van der Waals surface area contributed by atoms with Gasteiger partial charge in [0.2, 0.25) is 0 Å². The van der Waals surface area contributed by atoms with Gasteiger partial charge in [-0.05, 0) is 54.3 Å². The topological polar surface area (TPSA) is 44.9 Å². The highest BCUT2D eigenvalue weighted by atomic mass is 35.5. The normalized spacial score (nSPS) is 11.0. The maximum absolute atomic E-state index is 12.5. The molecule has 3 aromatic rings. The second-order valence-electron chi connectivity index (χ2n) is 5.65. The summed E-state index contributed by atoms with van der Waals surface area (Å²) in [6.07, 6.45) is 1.52. The van der Waals surface area contributed by atoms with E-state index in [0.717, 1.165) is 34.9 Å². The fourth-order valence-electron chi connectivity index (χ4n) is 2.84. The number of fused-ring (bicyclic) bond motifs is 1. The molecule has 0 aliphatic rings. The smallest absolute Gasteiger partial charge is 0.268 e. The Hall–Kier alpha value is -1.97. The minimum Gasteiger partial charge on any atom is -0.350 e. The van der Waals surface area contributed by atoms with Crippen LogP contribution in [0.3, 0.4) is 0 Å². The summed E-state index contributed by atoms with van der Waals surface area (Å²) < 4.78 is 0. The van der Waals surface area contributed by atoms with E-state index in [2.05, 4.69) is 10.3 Å². The van der Waals surface area contributed by atoms with Gasteiger partial charge in [0.15, 0.2) is 0 Å². The lowest BCUT2D eigenvalue weighted by Crippen LogP contribution is -2.26. The van der Waals surface area contributed by atoms with E-state index in [9.17, 15) is 4.79 Å². The van der Waals surface area contributed by atoms with E-state index in [0.29, 0.717) is 22.3 Å². The van der Waals surface area contributed by atoms with Gasteiger partial charge in [0.1, 0.15) is 5.69 Å². The molecular formula is C19H18Cl2N2O. The van der Waals surface area contributed by atoms with E-state index in [-0.39, 0.29) is 5.91 Å². The zero-order valence-electron chi connectivity index (χ0n) is 13.3. The third kappa shape index (κ3) is 3.58. The molecule has 3 nitrogen and oxygen atoms in total. The summed E-state index contributed by atoms with van der Waals surface area (Å²) in [5.74, 6) is -0.0897. The van der Waals surface area contributed by atoms with Crippen LogP contribution in [0.25, 0.3) is 10.9 Å². The van der Waals surface area contributed by atoms with Crippen LogP contribution in [-0.4, -0.2) is 17.4 Å². The van der Waals surface area contributed by atoms with Crippen molar-refractivity contribution in [2.24, 2.45) is 0 Å². The van der Waals surface area contributed by atoms with E-state index in [4.69, 9.17) is 23.2 Å². The van der Waals surface area contributed by atoms with Crippen molar-refractivity contribution in [1.29, 1.82) is 0 Å². The Morgan fingerprint density at radius 3 is 2.50 bits per heavy atom. The van der Waals surface area contributed by atoms with Crippen molar-refractivity contribution in [3.8, 4) is 0 Å². The fourth-order valence-corrected chi connectivity index (χ4v) is 3.14. The third-order valence-electron chi connectivity index (χ3n) is 4.06. The molecule has 0 radical (unpaired) electrons. The highest BCUT2D eigenvalue weighted by Gasteiger charge is 2.16. The molecule has 24 heavy (non-hydrogen) atoms. The van der Waals surface area contributed by atoms with Gasteiger partial charge in [0, 0.05) is 27.5 Å². The highest BCUT2D eigenvalue weighted by Crippen LogP contribution is 2.26. The van der Waals surface area contributed by atoms with Gasteiger partial charge in [0.25, 0.3) is 5.91 Å². The van der Waals surface area contributed by atoms with Crippen molar-refractivity contribution in [2.75, 3.05) is 6.54 Å². The summed E-state index contributed by atoms with van der Waals surface area (Å²) in [4.78, 5) is 15.7. The quantitative estimate of drug-likeness (QED) is 0.659. The number of aryl methyl sites for hydroxylation is 1. The van der Waals surface area contributed by atoms with Gasteiger partial charge in [-0.2, -0.15) is 0 Å². The second kappa shape index (κ2) is 7.29. The third-order valence-corrected chi connectivity index (χ3v) is 4.55. The molecule has 1 heterocycles. The molecule has 3 rings (SSSR count). The van der Waals surface area contributed by atoms with Gasteiger partial charge in [-0.25, -0.2) is 0 Å². The molecule has 0 atom stereocenters. The molecule has 0 aliphatic carbocycles. The molecule has 5 heteroatoms. The first-order valence-electron chi connectivity index (χ1n) is 7.91. The summed E-state index contributed by atoms with van der Waals surface area (Å²) in [6.45, 7) is 2.60. The summed E-state index contributed by atoms with van der Waals surface area (Å²) >= 11 is 12.0. The zero-order valence-corrected chi connectivity index (χ0v) is 14.8. The van der Waals surface area contributed by atoms with Crippen molar-refractivity contribution < 1.29 is 4.79 Å². The number of aromatic nitrogens is 1. The number of hydrogen-bond donors (Lipinski definition) is 2. The van der Waals surface area contributed by atoms with Crippen LogP contribution in [0.5, 0.6) is 0 Å². The van der Waals surface area contributed by atoms with Crippen LogP contribution in [0, 0.1) is 0 Å². The van der Waals surface area contributed by atoms with Crippen LogP contribution in [0.2, 0.25) is 10.0 Å². The number of nitrogens with one attached hydrogen (secondary N) is 2. The van der Waals surface area contributed by atoms with Gasteiger partial charge >= 0.3 is 0 Å². The maximum Gasteiger partial charge on any atom is 0.268 e. The molecule has 0 aliphatic heterocycles. The summed E-state index contributed by atoms with van der Waals surface area (Å²) in [6, 6.07) is 13.3. The second-order valence-corrected chi connectivity index (χ2v) is 6.53.